The maximum absolute atomic E-state index is 13.1. The monoisotopic (exact) mass is 214 g/mol. The Hall–Kier alpha value is -1.26. The van der Waals surface area contributed by atoms with Crippen LogP contribution in [0, 0.1) is 5.82 Å². The lowest BCUT2D eigenvalue weighted by Gasteiger charge is -1.99. The van der Waals surface area contributed by atoms with E-state index in [0.717, 1.165) is 5.69 Å². The summed E-state index contributed by atoms with van der Waals surface area (Å²) in [6, 6.07) is 2.88. The van der Waals surface area contributed by atoms with E-state index in [2.05, 4.69) is 4.98 Å². The van der Waals surface area contributed by atoms with Crippen molar-refractivity contribution in [3.63, 3.8) is 0 Å². The van der Waals surface area contributed by atoms with Crippen molar-refractivity contribution in [1.82, 2.24) is 4.98 Å². The number of nitrogens with one attached hydrogen (secondary N) is 1. The van der Waals surface area contributed by atoms with Gasteiger partial charge in [-0.1, -0.05) is 11.6 Å². The highest BCUT2D eigenvalue weighted by atomic mass is 35.5. The zero-order valence-corrected chi connectivity index (χ0v) is 7.90. The van der Waals surface area contributed by atoms with Crippen LogP contribution in [0.1, 0.15) is 5.69 Å². The van der Waals surface area contributed by atoms with Crippen molar-refractivity contribution in [3.8, 4) is 5.75 Å². The third-order valence-corrected chi connectivity index (χ3v) is 2.43. The number of fused-ring (bicyclic) bond motifs is 1. The SMILES string of the molecule is NCc1cc2c(O)c(Cl)c(F)cc2[nH]1. The van der Waals surface area contributed by atoms with E-state index >= 15 is 0 Å². The molecule has 0 saturated heterocycles. The summed E-state index contributed by atoms with van der Waals surface area (Å²) in [6.07, 6.45) is 0. The van der Waals surface area contributed by atoms with Crippen molar-refractivity contribution in [3.05, 3.63) is 28.7 Å². The van der Waals surface area contributed by atoms with Gasteiger partial charge in [0.05, 0.1) is 5.52 Å². The molecule has 1 aromatic carbocycles. The van der Waals surface area contributed by atoms with Gasteiger partial charge in [-0.2, -0.15) is 0 Å². The number of phenolic OH excluding ortho intramolecular Hbond substituents is 1. The van der Waals surface area contributed by atoms with Crippen molar-refractivity contribution in [1.29, 1.82) is 0 Å². The number of H-pyrrole nitrogens is 1. The van der Waals surface area contributed by atoms with Crippen molar-refractivity contribution in [2.45, 2.75) is 6.54 Å². The number of aromatic amines is 1. The molecule has 4 N–H and O–H groups in total. The minimum absolute atomic E-state index is 0.252. The fourth-order valence-corrected chi connectivity index (χ4v) is 1.53. The second-order valence-electron chi connectivity index (χ2n) is 2.98. The average molecular weight is 215 g/mol. The fourth-order valence-electron chi connectivity index (χ4n) is 1.37. The van der Waals surface area contributed by atoms with Crippen molar-refractivity contribution < 1.29 is 9.50 Å². The van der Waals surface area contributed by atoms with E-state index in [4.69, 9.17) is 17.3 Å². The summed E-state index contributed by atoms with van der Waals surface area (Å²) in [6.45, 7) is 0.299. The highest BCUT2D eigenvalue weighted by Crippen LogP contribution is 2.34. The molecule has 0 aliphatic heterocycles. The molecule has 0 unspecified atom stereocenters. The van der Waals surface area contributed by atoms with E-state index in [1.54, 1.807) is 6.07 Å². The maximum atomic E-state index is 13.1. The van der Waals surface area contributed by atoms with Crippen LogP contribution in [0.5, 0.6) is 5.75 Å². The Kier molecular flexibility index (Phi) is 2.09. The van der Waals surface area contributed by atoms with Gasteiger partial charge in [-0.25, -0.2) is 4.39 Å². The molecule has 2 aromatic rings. The summed E-state index contributed by atoms with van der Waals surface area (Å²) in [5, 5.41) is 9.73. The van der Waals surface area contributed by atoms with E-state index in [-0.39, 0.29) is 10.8 Å². The van der Waals surface area contributed by atoms with Gasteiger partial charge in [0.25, 0.3) is 0 Å². The smallest absolute Gasteiger partial charge is 0.147 e. The Balaban J connectivity index is 2.81. The van der Waals surface area contributed by atoms with Crippen molar-refractivity contribution in [2.24, 2.45) is 5.73 Å². The van der Waals surface area contributed by atoms with Gasteiger partial charge >= 0.3 is 0 Å². The molecular formula is C9H8ClFN2O. The summed E-state index contributed by atoms with van der Waals surface area (Å²) in [4.78, 5) is 2.87. The van der Waals surface area contributed by atoms with Gasteiger partial charge in [-0.3, -0.25) is 0 Å². The summed E-state index contributed by atoms with van der Waals surface area (Å²) in [5.41, 5.74) is 6.61. The standard InChI is InChI=1S/C9H8ClFN2O/c10-8-6(11)2-7-5(9(8)14)1-4(3-12)13-7/h1-2,13-14H,3,12H2. The number of hydrogen-bond donors (Lipinski definition) is 3. The van der Waals surface area contributed by atoms with Gasteiger partial charge < -0.3 is 15.8 Å². The van der Waals surface area contributed by atoms with Crippen LogP contribution in [0.15, 0.2) is 12.1 Å². The fraction of sp³-hybridized carbons (Fsp3) is 0.111. The molecule has 0 amide bonds. The van der Waals surface area contributed by atoms with E-state index < -0.39 is 5.82 Å². The molecule has 5 heteroatoms. The Morgan fingerprint density at radius 1 is 1.50 bits per heavy atom. The van der Waals surface area contributed by atoms with Crippen molar-refractivity contribution in [2.75, 3.05) is 0 Å². The minimum Gasteiger partial charge on any atom is -0.506 e. The van der Waals surface area contributed by atoms with Crippen LogP contribution in [0.2, 0.25) is 5.02 Å². The zero-order chi connectivity index (χ0) is 10.3. The maximum Gasteiger partial charge on any atom is 0.147 e. The first-order valence-electron chi connectivity index (χ1n) is 4.02. The molecule has 0 saturated carbocycles. The third kappa shape index (κ3) is 1.23. The first-order valence-corrected chi connectivity index (χ1v) is 4.40. The number of phenols is 1. The predicted molar refractivity (Wildman–Crippen MR) is 52.8 cm³/mol. The Labute approximate surface area is 84.3 Å². The molecule has 1 heterocycles. The Morgan fingerprint density at radius 3 is 2.86 bits per heavy atom. The molecule has 14 heavy (non-hydrogen) atoms. The molecule has 3 nitrogen and oxygen atoms in total. The predicted octanol–water partition coefficient (Wildman–Crippen LogP) is 2.12. The van der Waals surface area contributed by atoms with Gasteiger partial charge in [0.1, 0.15) is 16.6 Å². The molecule has 0 fully saturated rings. The number of nitrogens with two attached hydrogens (primary N) is 1. The highest BCUT2D eigenvalue weighted by molar-refractivity contribution is 6.33. The summed E-state index contributed by atoms with van der Waals surface area (Å²) in [7, 11) is 0. The number of aromatic hydroxyl groups is 1. The van der Waals surface area contributed by atoms with Crippen LogP contribution >= 0.6 is 11.6 Å². The van der Waals surface area contributed by atoms with E-state index in [9.17, 15) is 9.50 Å². The van der Waals surface area contributed by atoms with Gasteiger partial charge in [0.15, 0.2) is 0 Å². The number of rotatable bonds is 1. The first-order chi connectivity index (χ1) is 6.63. The molecule has 1 aromatic heterocycles. The lowest BCUT2D eigenvalue weighted by atomic mass is 10.2. The molecule has 2 rings (SSSR count). The molecule has 0 bridgehead atoms. The van der Waals surface area contributed by atoms with Crippen LogP contribution in [0.4, 0.5) is 4.39 Å². The van der Waals surface area contributed by atoms with E-state index in [1.807, 2.05) is 0 Å². The van der Waals surface area contributed by atoms with E-state index in [1.165, 1.54) is 6.07 Å². The molecule has 0 spiro atoms. The van der Waals surface area contributed by atoms with E-state index in [0.29, 0.717) is 17.4 Å². The van der Waals surface area contributed by atoms with Crippen LogP contribution in [0.3, 0.4) is 0 Å². The lowest BCUT2D eigenvalue weighted by molar-refractivity contribution is 0.476. The second kappa shape index (κ2) is 3.15. The average Bonchev–Trinajstić information content (AvgIpc) is 2.57. The highest BCUT2D eigenvalue weighted by Gasteiger charge is 2.12. The van der Waals surface area contributed by atoms with Gasteiger partial charge in [-0.05, 0) is 12.1 Å². The summed E-state index contributed by atoms with van der Waals surface area (Å²) in [5.74, 6) is -0.903. The topological polar surface area (TPSA) is 62.0 Å². The van der Waals surface area contributed by atoms with Crippen LogP contribution < -0.4 is 5.73 Å². The molecule has 0 radical (unpaired) electrons. The second-order valence-corrected chi connectivity index (χ2v) is 3.36. The number of hydrogen-bond acceptors (Lipinski definition) is 2. The number of halogens is 2. The lowest BCUT2D eigenvalue weighted by Crippen LogP contribution is -1.94. The molecule has 0 aliphatic carbocycles. The molecule has 0 aliphatic rings. The molecule has 0 atom stereocenters. The molecular weight excluding hydrogens is 207 g/mol. The third-order valence-electron chi connectivity index (χ3n) is 2.07. The van der Waals surface area contributed by atoms with Gasteiger partial charge in [0, 0.05) is 17.6 Å². The quantitative estimate of drug-likeness (QED) is 0.681. The number of aromatic nitrogens is 1. The van der Waals surface area contributed by atoms with Gasteiger partial charge in [-0.15, -0.1) is 0 Å². The van der Waals surface area contributed by atoms with Crippen molar-refractivity contribution >= 4 is 22.5 Å². The zero-order valence-electron chi connectivity index (χ0n) is 7.14. The van der Waals surface area contributed by atoms with Crippen LogP contribution in [0.25, 0.3) is 10.9 Å². The number of benzene rings is 1. The van der Waals surface area contributed by atoms with Crippen LogP contribution in [-0.4, -0.2) is 10.1 Å². The summed E-state index contributed by atoms with van der Waals surface area (Å²) >= 11 is 5.54. The normalized spacial score (nSPS) is 11.1. The first kappa shape index (κ1) is 9.30. The molecule has 74 valence electrons. The summed E-state index contributed by atoms with van der Waals surface area (Å²) < 4.78 is 13.1. The Morgan fingerprint density at radius 2 is 2.21 bits per heavy atom. The van der Waals surface area contributed by atoms with Crippen LogP contribution in [-0.2, 0) is 6.54 Å². The Bertz CT molecular complexity index is 495. The minimum atomic E-state index is -0.651. The van der Waals surface area contributed by atoms with Gasteiger partial charge in [0.2, 0.25) is 0 Å². The largest absolute Gasteiger partial charge is 0.506 e.